The highest BCUT2D eigenvalue weighted by molar-refractivity contribution is 6.68. The third kappa shape index (κ3) is 2.86. The Labute approximate surface area is 128 Å². The molecule has 1 fully saturated rings. The Bertz CT molecular complexity index is 639. The number of hydrogen-bond donors (Lipinski definition) is 3. The average Bonchev–Trinajstić information content (AvgIpc) is 2.86. The Balaban J connectivity index is 1.74. The van der Waals surface area contributed by atoms with Crippen molar-refractivity contribution < 1.29 is 4.74 Å². The van der Waals surface area contributed by atoms with Gasteiger partial charge in [-0.1, -0.05) is 0 Å². The van der Waals surface area contributed by atoms with Gasteiger partial charge in [0.1, 0.15) is 0 Å². The van der Waals surface area contributed by atoms with E-state index in [2.05, 4.69) is 37.8 Å². The van der Waals surface area contributed by atoms with Crippen molar-refractivity contribution in [3.8, 4) is 0 Å². The molecule has 0 bridgehead atoms. The fourth-order valence-corrected chi connectivity index (χ4v) is 2.36. The van der Waals surface area contributed by atoms with Gasteiger partial charge in [0.25, 0.3) is 0 Å². The number of anilines is 2. The van der Waals surface area contributed by atoms with E-state index < -0.39 is 0 Å². The summed E-state index contributed by atoms with van der Waals surface area (Å²) in [7, 11) is 0. The van der Waals surface area contributed by atoms with Crippen LogP contribution in [0.15, 0.2) is 33.5 Å². The molecule has 0 aliphatic carbocycles. The molecule has 0 atom stereocenters. The molecule has 2 aliphatic rings. The standard InChI is InChI=1S/C14H19N7O/c1-9-8-10(21-4-6-22-7-5-21)2-3-11(9)17-18-12-13(15)19-20-14(12)16/h2-3,8,17H,4-7H2,1H3,(H4,15,16,18,19,20). The molecular formula is C14H19N7O. The van der Waals surface area contributed by atoms with E-state index in [1.807, 2.05) is 13.0 Å². The number of ether oxygens (including phenoxy) is 1. The summed E-state index contributed by atoms with van der Waals surface area (Å²) < 4.78 is 5.37. The summed E-state index contributed by atoms with van der Waals surface area (Å²) in [6.07, 6.45) is 0. The number of amidine groups is 2. The first-order valence-corrected chi connectivity index (χ1v) is 7.09. The summed E-state index contributed by atoms with van der Waals surface area (Å²) in [5, 5.41) is 11.5. The third-order valence-electron chi connectivity index (χ3n) is 3.63. The van der Waals surface area contributed by atoms with E-state index in [1.54, 1.807) is 0 Å². The van der Waals surface area contributed by atoms with Gasteiger partial charge in [-0.05, 0) is 30.7 Å². The van der Waals surface area contributed by atoms with Crippen molar-refractivity contribution in [2.45, 2.75) is 6.92 Å². The molecule has 0 unspecified atom stereocenters. The predicted octanol–water partition coefficient (Wildman–Crippen LogP) is 0.243. The van der Waals surface area contributed by atoms with Crippen molar-refractivity contribution in [3.05, 3.63) is 23.8 Å². The summed E-state index contributed by atoms with van der Waals surface area (Å²) in [5.74, 6) is 0.431. The number of aryl methyl sites for hydroxylation is 1. The highest BCUT2D eigenvalue weighted by atomic mass is 16.5. The van der Waals surface area contributed by atoms with Crippen LogP contribution < -0.4 is 21.8 Å². The Morgan fingerprint density at radius 2 is 1.86 bits per heavy atom. The smallest absolute Gasteiger partial charge is 0.177 e. The van der Waals surface area contributed by atoms with E-state index in [-0.39, 0.29) is 11.7 Å². The van der Waals surface area contributed by atoms with E-state index in [0.717, 1.165) is 37.6 Å². The molecule has 22 heavy (non-hydrogen) atoms. The van der Waals surface area contributed by atoms with Crippen molar-refractivity contribution in [3.63, 3.8) is 0 Å². The van der Waals surface area contributed by atoms with Crippen LogP contribution in [0.4, 0.5) is 11.4 Å². The van der Waals surface area contributed by atoms with Crippen molar-refractivity contribution in [1.82, 2.24) is 0 Å². The molecule has 0 saturated carbocycles. The normalized spacial score (nSPS) is 18.0. The van der Waals surface area contributed by atoms with Crippen molar-refractivity contribution >= 4 is 28.8 Å². The Morgan fingerprint density at radius 3 is 2.50 bits per heavy atom. The van der Waals surface area contributed by atoms with Gasteiger partial charge in [0, 0.05) is 18.8 Å². The molecule has 5 N–H and O–H groups in total. The quantitative estimate of drug-likeness (QED) is 0.692. The molecule has 3 rings (SSSR count). The minimum absolute atomic E-state index is 0.215. The maximum atomic E-state index is 5.66. The molecule has 0 aromatic heterocycles. The van der Waals surface area contributed by atoms with E-state index in [9.17, 15) is 0 Å². The van der Waals surface area contributed by atoms with Crippen LogP contribution in [0.2, 0.25) is 0 Å². The largest absolute Gasteiger partial charge is 0.380 e. The van der Waals surface area contributed by atoms with Gasteiger partial charge >= 0.3 is 0 Å². The SMILES string of the molecule is Cc1cc(N2CCOCC2)ccc1NN=C1C(N)=NN=C1N. The zero-order valence-corrected chi connectivity index (χ0v) is 12.4. The molecule has 2 aliphatic heterocycles. The lowest BCUT2D eigenvalue weighted by Crippen LogP contribution is -2.36. The van der Waals surface area contributed by atoms with Crippen LogP contribution in [-0.4, -0.2) is 43.7 Å². The topological polar surface area (TPSA) is 114 Å². The molecule has 8 heteroatoms. The van der Waals surface area contributed by atoms with Gasteiger partial charge in [0.2, 0.25) is 0 Å². The summed E-state index contributed by atoms with van der Waals surface area (Å²) >= 11 is 0. The van der Waals surface area contributed by atoms with Crippen LogP contribution in [-0.2, 0) is 4.74 Å². The van der Waals surface area contributed by atoms with Crippen LogP contribution >= 0.6 is 0 Å². The Morgan fingerprint density at radius 1 is 1.18 bits per heavy atom. The summed E-state index contributed by atoms with van der Waals surface area (Å²) in [6, 6.07) is 6.17. The van der Waals surface area contributed by atoms with Crippen LogP contribution in [0.25, 0.3) is 0 Å². The molecule has 1 aromatic carbocycles. The van der Waals surface area contributed by atoms with E-state index in [4.69, 9.17) is 16.2 Å². The van der Waals surface area contributed by atoms with Gasteiger partial charge in [0.05, 0.1) is 18.9 Å². The molecule has 0 radical (unpaired) electrons. The number of benzene rings is 1. The second-order valence-electron chi connectivity index (χ2n) is 5.14. The highest BCUT2D eigenvalue weighted by Crippen LogP contribution is 2.23. The zero-order chi connectivity index (χ0) is 15.5. The predicted molar refractivity (Wildman–Crippen MR) is 88.5 cm³/mol. The second-order valence-corrected chi connectivity index (χ2v) is 5.14. The lowest BCUT2D eigenvalue weighted by atomic mass is 10.1. The minimum atomic E-state index is 0.215. The summed E-state index contributed by atoms with van der Waals surface area (Å²) in [6.45, 7) is 5.38. The monoisotopic (exact) mass is 301 g/mol. The van der Waals surface area contributed by atoms with E-state index >= 15 is 0 Å². The Hall–Kier alpha value is -2.61. The number of hydrogen-bond acceptors (Lipinski definition) is 8. The molecule has 2 heterocycles. The molecule has 116 valence electrons. The molecule has 1 saturated heterocycles. The second kappa shape index (κ2) is 6.02. The van der Waals surface area contributed by atoms with Crippen LogP contribution in [0.1, 0.15) is 5.56 Å². The van der Waals surface area contributed by atoms with Gasteiger partial charge in [-0.3, -0.25) is 5.43 Å². The number of rotatable bonds is 3. The molecule has 8 nitrogen and oxygen atoms in total. The number of nitrogens with two attached hydrogens (primary N) is 2. The first-order valence-electron chi connectivity index (χ1n) is 7.09. The van der Waals surface area contributed by atoms with Gasteiger partial charge in [-0.15, -0.1) is 10.2 Å². The van der Waals surface area contributed by atoms with E-state index in [0.29, 0.717) is 5.71 Å². The lowest BCUT2D eigenvalue weighted by molar-refractivity contribution is 0.122. The van der Waals surface area contributed by atoms with Gasteiger partial charge in [-0.2, -0.15) is 5.10 Å². The zero-order valence-electron chi connectivity index (χ0n) is 12.4. The van der Waals surface area contributed by atoms with Crippen molar-refractivity contribution in [2.75, 3.05) is 36.6 Å². The summed E-state index contributed by atoms with van der Waals surface area (Å²) in [4.78, 5) is 2.30. The fraction of sp³-hybridized carbons (Fsp3) is 0.357. The van der Waals surface area contributed by atoms with Gasteiger partial charge in [0.15, 0.2) is 17.4 Å². The first-order chi connectivity index (χ1) is 10.6. The van der Waals surface area contributed by atoms with E-state index in [1.165, 1.54) is 5.69 Å². The van der Waals surface area contributed by atoms with Crippen molar-refractivity contribution in [1.29, 1.82) is 0 Å². The fourth-order valence-electron chi connectivity index (χ4n) is 2.36. The average molecular weight is 301 g/mol. The number of morpholine rings is 1. The number of nitrogens with zero attached hydrogens (tertiary/aromatic N) is 4. The molecule has 0 amide bonds. The molecule has 1 aromatic rings. The first kappa shape index (κ1) is 14.3. The Kier molecular flexibility index (Phi) is 3.92. The third-order valence-corrected chi connectivity index (χ3v) is 3.63. The van der Waals surface area contributed by atoms with Crippen LogP contribution in [0.3, 0.4) is 0 Å². The summed E-state index contributed by atoms with van der Waals surface area (Å²) in [5.41, 5.74) is 17.8. The maximum absolute atomic E-state index is 5.66. The lowest BCUT2D eigenvalue weighted by Gasteiger charge is -2.29. The van der Waals surface area contributed by atoms with Crippen LogP contribution in [0, 0.1) is 6.92 Å². The van der Waals surface area contributed by atoms with Gasteiger partial charge in [-0.25, -0.2) is 0 Å². The number of nitrogens with one attached hydrogen (secondary N) is 1. The number of hydrazone groups is 1. The van der Waals surface area contributed by atoms with Gasteiger partial charge < -0.3 is 21.1 Å². The maximum Gasteiger partial charge on any atom is 0.177 e. The van der Waals surface area contributed by atoms with Crippen LogP contribution in [0.5, 0.6) is 0 Å². The highest BCUT2D eigenvalue weighted by Gasteiger charge is 2.17. The minimum Gasteiger partial charge on any atom is -0.380 e. The molecular weight excluding hydrogens is 282 g/mol. The van der Waals surface area contributed by atoms with Crippen molar-refractivity contribution in [2.24, 2.45) is 26.8 Å². The molecule has 0 spiro atoms.